The topological polar surface area (TPSA) is 63.2 Å². The minimum absolute atomic E-state index is 0.174. The van der Waals surface area contributed by atoms with E-state index < -0.39 is 0 Å². The van der Waals surface area contributed by atoms with E-state index in [9.17, 15) is 4.79 Å². The molecule has 0 aliphatic carbocycles. The van der Waals surface area contributed by atoms with Gasteiger partial charge in [-0.2, -0.15) is 0 Å². The zero-order chi connectivity index (χ0) is 15.1. The number of amides is 2. The van der Waals surface area contributed by atoms with Crippen LogP contribution >= 0.6 is 0 Å². The van der Waals surface area contributed by atoms with Crippen molar-refractivity contribution >= 4 is 11.8 Å². The molecule has 2 heterocycles. The molecule has 2 N–H and O–H groups in total. The molecule has 1 aliphatic heterocycles. The first-order valence-corrected chi connectivity index (χ1v) is 7.83. The van der Waals surface area contributed by atoms with Crippen molar-refractivity contribution in [2.24, 2.45) is 5.92 Å². The fourth-order valence-electron chi connectivity index (χ4n) is 2.88. The van der Waals surface area contributed by atoms with Gasteiger partial charge in [0.15, 0.2) is 0 Å². The van der Waals surface area contributed by atoms with Crippen molar-refractivity contribution in [3.63, 3.8) is 0 Å². The van der Waals surface area contributed by atoms with Gasteiger partial charge in [0.25, 0.3) is 0 Å². The summed E-state index contributed by atoms with van der Waals surface area (Å²) in [5.41, 5.74) is 0. The van der Waals surface area contributed by atoms with Gasteiger partial charge in [0.05, 0.1) is 6.10 Å². The second kappa shape index (κ2) is 7.98. The molecule has 2 rings (SSSR count). The summed E-state index contributed by atoms with van der Waals surface area (Å²) in [6, 6.07) is 5.43. The smallest absolute Gasteiger partial charge is 0.320 e. The fourth-order valence-corrected chi connectivity index (χ4v) is 2.88. The van der Waals surface area contributed by atoms with Crippen molar-refractivity contribution in [2.45, 2.75) is 51.7 Å². The number of pyridine rings is 1. The minimum atomic E-state index is -0.191. The summed E-state index contributed by atoms with van der Waals surface area (Å²) >= 11 is 0. The van der Waals surface area contributed by atoms with Gasteiger partial charge >= 0.3 is 6.03 Å². The van der Waals surface area contributed by atoms with E-state index in [1.54, 1.807) is 12.3 Å². The summed E-state index contributed by atoms with van der Waals surface area (Å²) in [6.07, 6.45) is 5.91. The van der Waals surface area contributed by atoms with Crippen LogP contribution in [0.3, 0.4) is 0 Å². The molecular formula is C16H25N3O2. The fraction of sp³-hybridized carbons (Fsp3) is 0.625. The highest BCUT2D eigenvalue weighted by Crippen LogP contribution is 2.25. The zero-order valence-corrected chi connectivity index (χ0v) is 12.8. The predicted octanol–water partition coefficient (Wildman–Crippen LogP) is 3.19. The van der Waals surface area contributed by atoms with Crippen LogP contribution in [0.1, 0.15) is 39.5 Å². The molecule has 2 atom stereocenters. The quantitative estimate of drug-likeness (QED) is 0.875. The number of anilines is 1. The molecule has 0 saturated carbocycles. The van der Waals surface area contributed by atoms with Gasteiger partial charge < -0.3 is 10.1 Å². The third-order valence-electron chi connectivity index (χ3n) is 4.13. The minimum Gasteiger partial charge on any atom is -0.378 e. The van der Waals surface area contributed by atoms with Crippen molar-refractivity contribution in [1.29, 1.82) is 0 Å². The van der Waals surface area contributed by atoms with Crippen LogP contribution in [0.4, 0.5) is 10.6 Å². The number of hydrogen-bond acceptors (Lipinski definition) is 3. The SMILES string of the molecule is CCC(CC)C1CC(NC(=O)Nc2ccccn2)CCO1. The molecule has 1 aliphatic rings. The maximum atomic E-state index is 12.0. The van der Waals surface area contributed by atoms with Crippen LogP contribution in [0.2, 0.25) is 0 Å². The number of urea groups is 1. The molecule has 0 aromatic carbocycles. The van der Waals surface area contributed by atoms with Crippen molar-refractivity contribution in [3.05, 3.63) is 24.4 Å². The van der Waals surface area contributed by atoms with E-state index >= 15 is 0 Å². The van der Waals surface area contributed by atoms with Crippen molar-refractivity contribution in [1.82, 2.24) is 10.3 Å². The van der Waals surface area contributed by atoms with E-state index in [2.05, 4.69) is 29.5 Å². The lowest BCUT2D eigenvalue weighted by atomic mass is 9.89. The first kappa shape index (κ1) is 15.8. The van der Waals surface area contributed by atoms with Gasteiger partial charge in [-0.3, -0.25) is 5.32 Å². The number of hydrogen-bond donors (Lipinski definition) is 2. The van der Waals surface area contributed by atoms with Gasteiger partial charge in [-0.15, -0.1) is 0 Å². The lowest BCUT2D eigenvalue weighted by Gasteiger charge is -2.34. The lowest BCUT2D eigenvalue weighted by molar-refractivity contribution is -0.0329. The van der Waals surface area contributed by atoms with E-state index in [4.69, 9.17) is 4.74 Å². The Morgan fingerprint density at radius 2 is 2.24 bits per heavy atom. The van der Waals surface area contributed by atoms with Crippen molar-refractivity contribution < 1.29 is 9.53 Å². The third-order valence-corrected chi connectivity index (χ3v) is 4.13. The Hall–Kier alpha value is -1.62. The van der Waals surface area contributed by atoms with Gasteiger partial charge in [0.1, 0.15) is 5.82 Å². The number of ether oxygens (including phenoxy) is 1. The Kier molecular flexibility index (Phi) is 5.99. The van der Waals surface area contributed by atoms with Gasteiger partial charge in [0, 0.05) is 18.8 Å². The second-order valence-corrected chi connectivity index (χ2v) is 5.52. The molecule has 0 spiro atoms. The highest BCUT2D eigenvalue weighted by atomic mass is 16.5. The van der Waals surface area contributed by atoms with E-state index in [1.807, 2.05) is 12.1 Å². The van der Waals surface area contributed by atoms with Crippen LogP contribution in [0.5, 0.6) is 0 Å². The molecule has 1 saturated heterocycles. The second-order valence-electron chi connectivity index (χ2n) is 5.52. The summed E-state index contributed by atoms with van der Waals surface area (Å²) in [5.74, 6) is 1.15. The van der Waals surface area contributed by atoms with Crippen molar-refractivity contribution in [2.75, 3.05) is 11.9 Å². The molecule has 1 aromatic heterocycles. The lowest BCUT2D eigenvalue weighted by Crippen LogP contribution is -2.45. The summed E-state index contributed by atoms with van der Waals surface area (Å²) in [6.45, 7) is 5.11. The number of carbonyl (C=O) groups excluding carboxylic acids is 1. The maximum absolute atomic E-state index is 12.0. The molecule has 5 heteroatoms. The van der Waals surface area contributed by atoms with Crippen molar-refractivity contribution in [3.8, 4) is 0 Å². The standard InChI is InChI=1S/C16H25N3O2/c1-3-12(4-2)14-11-13(8-10-21-14)18-16(20)19-15-7-5-6-9-17-15/h5-7,9,12-14H,3-4,8,10-11H2,1-2H3,(H2,17,18,19,20). The Labute approximate surface area is 126 Å². The predicted molar refractivity (Wildman–Crippen MR) is 83.2 cm³/mol. The Bertz CT molecular complexity index is 434. The number of carbonyl (C=O) groups is 1. The van der Waals surface area contributed by atoms with Gasteiger partial charge in [-0.1, -0.05) is 32.8 Å². The monoisotopic (exact) mass is 291 g/mol. The third kappa shape index (κ3) is 4.70. The molecule has 0 bridgehead atoms. The summed E-state index contributed by atoms with van der Waals surface area (Å²) in [5, 5.41) is 5.79. The van der Waals surface area contributed by atoms with Crippen LogP contribution in [0.25, 0.3) is 0 Å². The molecule has 2 amide bonds. The molecule has 0 radical (unpaired) electrons. The highest BCUT2D eigenvalue weighted by molar-refractivity contribution is 5.88. The van der Waals surface area contributed by atoms with Gasteiger partial charge in [0.2, 0.25) is 0 Å². The van der Waals surface area contributed by atoms with E-state index in [0.717, 1.165) is 32.3 Å². The molecule has 2 unspecified atom stereocenters. The highest BCUT2D eigenvalue weighted by Gasteiger charge is 2.28. The average Bonchev–Trinajstić information content (AvgIpc) is 2.50. The summed E-state index contributed by atoms with van der Waals surface area (Å²) in [4.78, 5) is 16.1. The summed E-state index contributed by atoms with van der Waals surface area (Å²) < 4.78 is 5.87. The summed E-state index contributed by atoms with van der Waals surface area (Å²) in [7, 11) is 0. The first-order valence-electron chi connectivity index (χ1n) is 7.83. The first-order chi connectivity index (χ1) is 10.2. The van der Waals surface area contributed by atoms with Crippen LogP contribution in [0.15, 0.2) is 24.4 Å². The van der Waals surface area contributed by atoms with E-state index in [0.29, 0.717) is 11.7 Å². The number of nitrogens with zero attached hydrogens (tertiary/aromatic N) is 1. The number of aromatic nitrogens is 1. The van der Waals surface area contributed by atoms with Crippen LogP contribution < -0.4 is 10.6 Å². The average molecular weight is 291 g/mol. The Morgan fingerprint density at radius 1 is 1.43 bits per heavy atom. The molecular weight excluding hydrogens is 266 g/mol. The van der Waals surface area contributed by atoms with Gasteiger partial charge in [-0.25, -0.2) is 9.78 Å². The van der Waals surface area contributed by atoms with E-state index in [-0.39, 0.29) is 18.2 Å². The van der Waals surface area contributed by atoms with E-state index in [1.165, 1.54) is 0 Å². The molecule has 5 nitrogen and oxygen atoms in total. The van der Waals surface area contributed by atoms with Crippen LogP contribution in [0, 0.1) is 5.92 Å². The molecule has 116 valence electrons. The van der Waals surface area contributed by atoms with Gasteiger partial charge in [-0.05, 0) is 30.9 Å². The molecule has 1 fully saturated rings. The Morgan fingerprint density at radius 3 is 2.90 bits per heavy atom. The molecule has 21 heavy (non-hydrogen) atoms. The molecule has 1 aromatic rings. The van der Waals surface area contributed by atoms with Crippen LogP contribution in [-0.4, -0.2) is 29.8 Å². The number of nitrogens with one attached hydrogen (secondary N) is 2. The zero-order valence-electron chi connectivity index (χ0n) is 12.8. The number of rotatable bonds is 5. The maximum Gasteiger partial charge on any atom is 0.320 e. The normalized spacial score (nSPS) is 22.0. The van der Waals surface area contributed by atoms with Crippen LogP contribution in [-0.2, 0) is 4.74 Å². The largest absolute Gasteiger partial charge is 0.378 e. The Balaban J connectivity index is 1.83.